The third-order valence-electron chi connectivity index (χ3n) is 2.84. The Balaban J connectivity index is 2.42. The molecule has 1 unspecified atom stereocenters. The molecule has 0 bridgehead atoms. The smallest absolute Gasteiger partial charge is 0.194 e. The van der Waals surface area contributed by atoms with Crippen molar-refractivity contribution >= 4 is 5.96 Å². The molecule has 100 valence electrons. The summed E-state index contributed by atoms with van der Waals surface area (Å²) in [5, 5.41) is 12.1. The molecule has 0 aromatic carbocycles. The molecule has 0 amide bonds. The van der Waals surface area contributed by atoms with Crippen molar-refractivity contribution in [1.82, 2.24) is 10.2 Å². The van der Waals surface area contributed by atoms with E-state index in [1.807, 2.05) is 6.92 Å². The Labute approximate surface area is 104 Å². The maximum absolute atomic E-state index is 8.82. The standard InChI is InChI=1S/C12H25N3O2/c1-3-13-12(14-6-8-16)15-7-5-11(9-15)10-17-4-2/h11,16H,3-10H2,1-2H3,(H,13,14). The van der Waals surface area contributed by atoms with Crippen molar-refractivity contribution < 1.29 is 9.84 Å². The van der Waals surface area contributed by atoms with Crippen LogP contribution in [0.2, 0.25) is 0 Å². The Bertz CT molecular complexity index is 234. The summed E-state index contributed by atoms with van der Waals surface area (Å²) in [6.45, 7) is 9.16. The number of aliphatic imine (C=N–C) groups is 1. The van der Waals surface area contributed by atoms with Crippen LogP contribution in [0, 0.1) is 5.92 Å². The number of aliphatic hydroxyl groups is 1. The summed E-state index contributed by atoms with van der Waals surface area (Å²) < 4.78 is 5.46. The van der Waals surface area contributed by atoms with Crippen molar-refractivity contribution in [2.24, 2.45) is 10.9 Å². The van der Waals surface area contributed by atoms with Gasteiger partial charge in [-0.25, -0.2) is 0 Å². The van der Waals surface area contributed by atoms with Gasteiger partial charge in [-0.2, -0.15) is 0 Å². The summed E-state index contributed by atoms with van der Waals surface area (Å²) in [6, 6.07) is 0. The van der Waals surface area contributed by atoms with Gasteiger partial charge in [-0.15, -0.1) is 0 Å². The lowest BCUT2D eigenvalue weighted by Crippen LogP contribution is -2.40. The van der Waals surface area contributed by atoms with Crippen molar-refractivity contribution in [3.8, 4) is 0 Å². The first-order valence-corrected chi connectivity index (χ1v) is 6.53. The lowest BCUT2D eigenvalue weighted by Gasteiger charge is -2.21. The molecule has 1 rings (SSSR count). The lowest BCUT2D eigenvalue weighted by atomic mass is 10.1. The second-order valence-electron chi connectivity index (χ2n) is 4.22. The van der Waals surface area contributed by atoms with Crippen molar-refractivity contribution in [3.63, 3.8) is 0 Å². The van der Waals surface area contributed by atoms with Crippen molar-refractivity contribution in [2.75, 3.05) is 46.0 Å². The van der Waals surface area contributed by atoms with Crippen LogP contribution < -0.4 is 5.32 Å². The minimum Gasteiger partial charge on any atom is -0.394 e. The molecular formula is C12H25N3O2. The summed E-state index contributed by atoms with van der Waals surface area (Å²) in [6.07, 6.45) is 1.16. The molecule has 0 spiro atoms. The zero-order valence-corrected chi connectivity index (χ0v) is 11.0. The van der Waals surface area contributed by atoms with Gasteiger partial charge < -0.3 is 20.1 Å². The third kappa shape index (κ3) is 4.91. The zero-order chi connectivity index (χ0) is 12.5. The maximum atomic E-state index is 8.82. The zero-order valence-electron chi connectivity index (χ0n) is 11.0. The first kappa shape index (κ1) is 14.3. The Morgan fingerprint density at radius 3 is 3.00 bits per heavy atom. The molecular weight excluding hydrogens is 218 g/mol. The van der Waals surface area contributed by atoms with Gasteiger partial charge in [-0.3, -0.25) is 4.99 Å². The highest BCUT2D eigenvalue weighted by Crippen LogP contribution is 2.16. The van der Waals surface area contributed by atoms with E-state index in [0.717, 1.165) is 45.2 Å². The molecule has 17 heavy (non-hydrogen) atoms. The van der Waals surface area contributed by atoms with Crippen LogP contribution in [-0.2, 0) is 4.74 Å². The summed E-state index contributed by atoms with van der Waals surface area (Å²) >= 11 is 0. The lowest BCUT2D eigenvalue weighted by molar-refractivity contribution is 0.114. The fraction of sp³-hybridized carbons (Fsp3) is 0.917. The van der Waals surface area contributed by atoms with Crippen molar-refractivity contribution in [3.05, 3.63) is 0 Å². The van der Waals surface area contributed by atoms with E-state index < -0.39 is 0 Å². The Hall–Kier alpha value is -0.810. The number of hydrogen-bond acceptors (Lipinski definition) is 3. The van der Waals surface area contributed by atoms with Gasteiger partial charge in [0, 0.05) is 32.2 Å². The van der Waals surface area contributed by atoms with Crippen LogP contribution in [0.4, 0.5) is 0 Å². The van der Waals surface area contributed by atoms with E-state index in [2.05, 4.69) is 22.1 Å². The molecule has 1 aliphatic heterocycles. The molecule has 0 saturated carbocycles. The second-order valence-corrected chi connectivity index (χ2v) is 4.22. The largest absolute Gasteiger partial charge is 0.394 e. The summed E-state index contributed by atoms with van der Waals surface area (Å²) in [7, 11) is 0. The van der Waals surface area contributed by atoms with Gasteiger partial charge in [0.2, 0.25) is 0 Å². The van der Waals surface area contributed by atoms with Crippen LogP contribution in [0.15, 0.2) is 4.99 Å². The molecule has 1 fully saturated rings. The molecule has 1 aliphatic rings. The molecule has 0 aromatic rings. The predicted molar refractivity (Wildman–Crippen MR) is 69.2 cm³/mol. The van der Waals surface area contributed by atoms with Crippen LogP contribution in [0.1, 0.15) is 20.3 Å². The molecule has 0 radical (unpaired) electrons. The molecule has 0 aliphatic carbocycles. The van der Waals surface area contributed by atoms with E-state index in [9.17, 15) is 0 Å². The molecule has 5 nitrogen and oxygen atoms in total. The van der Waals surface area contributed by atoms with Crippen LogP contribution >= 0.6 is 0 Å². The summed E-state index contributed by atoms with van der Waals surface area (Å²) in [5.41, 5.74) is 0. The van der Waals surface area contributed by atoms with Gasteiger partial charge in [0.1, 0.15) is 0 Å². The van der Waals surface area contributed by atoms with Crippen LogP contribution in [0.3, 0.4) is 0 Å². The quantitative estimate of drug-likeness (QED) is 0.520. The Morgan fingerprint density at radius 2 is 2.35 bits per heavy atom. The van der Waals surface area contributed by atoms with Crippen LogP contribution in [-0.4, -0.2) is 62.0 Å². The molecule has 1 heterocycles. The van der Waals surface area contributed by atoms with Crippen molar-refractivity contribution in [1.29, 1.82) is 0 Å². The number of likely N-dealkylation sites (tertiary alicyclic amines) is 1. The highest BCUT2D eigenvalue weighted by Gasteiger charge is 2.24. The maximum Gasteiger partial charge on any atom is 0.194 e. The van der Waals surface area contributed by atoms with Gasteiger partial charge in [0.05, 0.1) is 19.8 Å². The Morgan fingerprint density at radius 1 is 1.53 bits per heavy atom. The average molecular weight is 243 g/mol. The highest BCUT2D eigenvalue weighted by molar-refractivity contribution is 5.80. The van der Waals surface area contributed by atoms with Gasteiger partial charge in [-0.05, 0) is 20.3 Å². The van der Waals surface area contributed by atoms with E-state index in [1.54, 1.807) is 0 Å². The van der Waals surface area contributed by atoms with E-state index in [-0.39, 0.29) is 6.61 Å². The molecule has 0 aromatic heterocycles. The van der Waals surface area contributed by atoms with E-state index in [1.165, 1.54) is 0 Å². The minimum absolute atomic E-state index is 0.102. The summed E-state index contributed by atoms with van der Waals surface area (Å²) in [5.74, 6) is 1.52. The number of aliphatic hydroxyl groups excluding tert-OH is 1. The number of rotatable bonds is 6. The molecule has 1 saturated heterocycles. The normalized spacial score (nSPS) is 21.0. The molecule has 2 N–H and O–H groups in total. The minimum atomic E-state index is 0.102. The number of guanidine groups is 1. The first-order chi connectivity index (χ1) is 8.31. The third-order valence-corrected chi connectivity index (χ3v) is 2.84. The fourth-order valence-corrected chi connectivity index (χ4v) is 2.03. The number of ether oxygens (including phenoxy) is 1. The van der Waals surface area contributed by atoms with Gasteiger partial charge >= 0.3 is 0 Å². The van der Waals surface area contributed by atoms with E-state index >= 15 is 0 Å². The first-order valence-electron chi connectivity index (χ1n) is 6.53. The highest BCUT2D eigenvalue weighted by atomic mass is 16.5. The monoisotopic (exact) mass is 243 g/mol. The van der Waals surface area contributed by atoms with Gasteiger partial charge in [0.15, 0.2) is 5.96 Å². The summed E-state index contributed by atoms with van der Waals surface area (Å²) in [4.78, 5) is 6.62. The van der Waals surface area contributed by atoms with Crippen molar-refractivity contribution in [2.45, 2.75) is 20.3 Å². The van der Waals surface area contributed by atoms with Gasteiger partial charge in [-0.1, -0.05) is 0 Å². The predicted octanol–water partition coefficient (Wildman–Crippen LogP) is 0.303. The average Bonchev–Trinajstić information content (AvgIpc) is 2.80. The van der Waals surface area contributed by atoms with Gasteiger partial charge in [0.25, 0.3) is 0 Å². The second kappa shape index (κ2) is 8.31. The Kier molecular flexibility index (Phi) is 6.96. The van der Waals surface area contributed by atoms with Crippen LogP contribution in [0.5, 0.6) is 0 Å². The topological polar surface area (TPSA) is 57.1 Å². The number of hydrogen-bond donors (Lipinski definition) is 2. The molecule has 5 heteroatoms. The number of nitrogens with zero attached hydrogens (tertiary/aromatic N) is 2. The van der Waals surface area contributed by atoms with E-state index in [0.29, 0.717) is 12.5 Å². The fourth-order valence-electron chi connectivity index (χ4n) is 2.03. The number of nitrogens with one attached hydrogen (secondary N) is 1. The van der Waals surface area contributed by atoms with E-state index in [4.69, 9.17) is 9.84 Å². The SMILES string of the molecule is CCNC(=NCCO)N1CCC(COCC)C1. The molecule has 1 atom stereocenters. The van der Waals surface area contributed by atoms with Crippen LogP contribution in [0.25, 0.3) is 0 Å².